The van der Waals surface area contributed by atoms with Crippen molar-refractivity contribution in [1.82, 2.24) is 10.2 Å². The van der Waals surface area contributed by atoms with Gasteiger partial charge in [-0.1, -0.05) is 13.0 Å². The fourth-order valence-electron chi connectivity index (χ4n) is 3.03. The molecule has 2 aliphatic rings. The van der Waals surface area contributed by atoms with Crippen molar-refractivity contribution in [3.8, 4) is 11.5 Å². The summed E-state index contributed by atoms with van der Waals surface area (Å²) in [6.07, 6.45) is 2.61. The van der Waals surface area contributed by atoms with E-state index < -0.39 is 0 Å². The van der Waals surface area contributed by atoms with Crippen LogP contribution in [-0.4, -0.2) is 37.9 Å². The Morgan fingerprint density at radius 1 is 1.20 bits per heavy atom. The molecule has 1 N–H and O–H groups in total. The molecule has 2 aliphatic heterocycles. The van der Waals surface area contributed by atoms with Gasteiger partial charge in [-0.3, -0.25) is 4.90 Å². The molecule has 0 unspecified atom stereocenters. The number of rotatable bonds is 5. The molecule has 1 saturated heterocycles. The molecule has 20 heavy (non-hydrogen) atoms. The van der Waals surface area contributed by atoms with Crippen molar-refractivity contribution in [2.75, 3.05) is 33.0 Å². The van der Waals surface area contributed by atoms with Crippen LogP contribution in [0.4, 0.5) is 0 Å². The Hall–Kier alpha value is -1.26. The van der Waals surface area contributed by atoms with E-state index in [2.05, 4.69) is 29.3 Å². The number of piperidine rings is 1. The van der Waals surface area contributed by atoms with Crippen LogP contribution in [0.3, 0.4) is 0 Å². The highest BCUT2D eigenvalue weighted by atomic mass is 16.7. The van der Waals surface area contributed by atoms with Gasteiger partial charge >= 0.3 is 0 Å². The van der Waals surface area contributed by atoms with Crippen molar-refractivity contribution >= 4 is 0 Å². The number of nitrogens with zero attached hydrogens (tertiary/aromatic N) is 1. The van der Waals surface area contributed by atoms with Crippen molar-refractivity contribution in [2.45, 2.75) is 26.3 Å². The van der Waals surface area contributed by atoms with E-state index in [0.717, 1.165) is 30.5 Å². The predicted molar refractivity (Wildman–Crippen MR) is 79.1 cm³/mol. The minimum Gasteiger partial charge on any atom is -0.454 e. The van der Waals surface area contributed by atoms with E-state index in [4.69, 9.17) is 9.47 Å². The smallest absolute Gasteiger partial charge is 0.231 e. The Balaban J connectivity index is 1.59. The van der Waals surface area contributed by atoms with Crippen LogP contribution in [0.1, 0.15) is 25.3 Å². The number of hydrogen-bond donors (Lipinski definition) is 1. The lowest BCUT2D eigenvalue weighted by Gasteiger charge is -2.29. The van der Waals surface area contributed by atoms with Gasteiger partial charge in [0.05, 0.1) is 0 Å². The quantitative estimate of drug-likeness (QED) is 0.894. The molecular formula is C16H24N2O2. The number of nitrogens with one attached hydrogen (secondary N) is 1. The van der Waals surface area contributed by atoms with Crippen LogP contribution < -0.4 is 14.8 Å². The lowest BCUT2D eigenvalue weighted by Crippen LogP contribution is -2.35. The molecule has 0 spiro atoms. The maximum atomic E-state index is 5.46. The molecule has 4 heteroatoms. The van der Waals surface area contributed by atoms with Gasteiger partial charge in [0, 0.05) is 13.1 Å². The van der Waals surface area contributed by atoms with E-state index in [9.17, 15) is 0 Å². The summed E-state index contributed by atoms with van der Waals surface area (Å²) in [7, 11) is 0. The Bertz CT molecular complexity index is 444. The average Bonchev–Trinajstić information content (AvgIpc) is 2.95. The Morgan fingerprint density at radius 2 is 2.00 bits per heavy atom. The molecule has 0 bridgehead atoms. The number of hydrogen-bond acceptors (Lipinski definition) is 4. The lowest BCUT2D eigenvalue weighted by molar-refractivity contribution is 0.173. The largest absolute Gasteiger partial charge is 0.454 e. The van der Waals surface area contributed by atoms with Crippen molar-refractivity contribution in [3.05, 3.63) is 23.8 Å². The minimum absolute atomic E-state index is 0.353. The summed E-state index contributed by atoms with van der Waals surface area (Å²) < 4.78 is 10.8. The molecular weight excluding hydrogens is 252 g/mol. The normalized spacial score (nSPS) is 18.7. The maximum Gasteiger partial charge on any atom is 0.231 e. The number of ether oxygens (including phenoxy) is 2. The highest BCUT2D eigenvalue weighted by molar-refractivity contribution is 5.44. The van der Waals surface area contributed by atoms with E-state index in [1.54, 1.807) is 0 Å². The first-order valence-electron chi connectivity index (χ1n) is 7.66. The summed E-state index contributed by atoms with van der Waals surface area (Å²) >= 11 is 0. The van der Waals surface area contributed by atoms with E-state index in [0.29, 0.717) is 6.79 Å². The molecule has 0 atom stereocenters. The zero-order valence-corrected chi connectivity index (χ0v) is 12.2. The van der Waals surface area contributed by atoms with E-state index >= 15 is 0 Å². The van der Waals surface area contributed by atoms with Gasteiger partial charge in [0.25, 0.3) is 0 Å². The summed E-state index contributed by atoms with van der Waals surface area (Å²) in [4.78, 5) is 2.54. The molecule has 3 rings (SSSR count). The molecule has 1 fully saturated rings. The standard InChI is InChI=1S/C16H24N2O2/c1-2-18(10-13-5-7-17-8-6-13)11-14-3-4-15-16(9-14)20-12-19-15/h3-4,9,13,17H,2,5-8,10-12H2,1H3. The summed E-state index contributed by atoms with van der Waals surface area (Å²) in [5.74, 6) is 2.60. The predicted octanol–water partition coefficient (Wildman–Crippen LogP) is 2.24. The van der Waals surface area contributed by atoms with Crippen LogP contribution in [0.5, 0.6) is 11.5 Å². The fourth-order valence-corrected chi connectivity index (χ4v) is 3.03. The molecule has 1 aromatic rings. The Morgan fingerprint density at radius 3 is 2.80 bits per heavy atom. The third kappa shape index (κ3) is 3.25. The van der Waals surface area contributed by atoms with Crippen LogP contribution >= 0.6 is 0 Å². The van der Waals surface area contributed by atoms with Crippen molar-refractivity contribution in [3.63, 3.8) is 0 Å². The van der Waals surface area contributed by atoms with Crippen LogP contribution in [-0.2, 0) is 6.54 Å². The van der Waals surface area contributed by atoms with Crippen LogP contribution in [0.25, 0.3) is 0 Å². The van der Waals surface area contributed by atoms with Gasteiger partial charge in [-0.05, 0) is 56.1 Å². The van der Waals surface area contributed by atoms with Crippen LogP contribution in [0.2, 0.25) is 0 Å². The third-order valence-corrected chi connectivity index (χ3v) is 4.27. The van der Waals surface area contributed by atoms with Gasteiger partial charge in [-0.15, -0.1) is 0 Å². The molecule has 0 amide bonds. The van der Waals surface area contributed by atoms with Crippen LogP contribution in [0, 0.1) is 5.92 Å². The van der Waals surface area contributed by atoms with Gasteiger partial charge < -0.3 is 14.8 Å². The molecule has 1 aromatic carbocycles. The lowest BCUT2D eigenvalue weighted by atomic mass is 9.97. The van der Waals surface area contributed by atoms with Crippen molar-refractivity contribution < 1.29 is 9.47 Å². The summed E-state index contributed by atoms with van der Waals surface area (Å²) in [6, 6.07) is 6.29. The van der Waals surface area contributed by atoms with Crippen molar-refractivity contribution in [1.29, 1.82) is 0 Å². The number of fused-ring (bicyclic) bond motifs is 1. The molecule has 0 aliphatic carbocycles. The molecule has 4 nitrogen and oxygen atoms in total. The first-order chi connectivity index (χ1) is 9.85. The first kappa shape index (κ1) is 13.7. The second-order valence-corrected chi connectivity index (χ2v) is 5.71. The van der Waals surface area contributed by atoms with Gasteiger partial charge in [0.1, 0.15) is 0 Å². The van der Waals surface area contributed by atoms with E-state index in [1.165, 1.54) is 38.0 Å². The molecule has 0 radical (unpaired) electrons. The highest BCUT2D eigenvalue weighted by Gasteiger charge is 2.18. The molecule has 2 heterocycles. The summed E-state index contributed by atoms with van der Waals surface area (Å²) in [5, 5.41) is 3.43. The van der Waals surface area contributed by atoms with Gasteiger partial charge in [0.2, 0.25) is 6.79 Å². The van der Waals surface area contributed by atoms with Gasteiger partial charge in [-0.2, -0.15) is 0 Å². The molecule has 110 valence electrons. The minimum atomic E-state index is 0.353. The SMILES string of the molecule is CCN(Cc1ccc2c(c1)OCO2)CC1CCNCC1. The zero-order chi connectivity index (χ0) is 13.8. The second kappa shape index (κ2) is 6.46. The summed E-state index contributed by atoms with van der Waals surface area (Å²) in [6.45, 7) is 8.24. The average molecular weight is 276 g/mol. The second-order valence-electron chi connectivity index (χ2n) is 5.71. The summed E-state index contributed by atoms with van der Waals surface area (Å²) in [5.41, 5.74) is 1.31. The Labute approximate surface area is 121 Å². The van der Waals surface area contributed by atoms with Gasteiger partial charge in [0.15, 0.2) is 11.5 Å². The topological polar surface area (TPSA) is 33.7 Å². The maximum absolute atomic E-state index is 5.46. The van der Waals surface area contributed by atoms with Gasteiger partial charge in [-0.25, -0.2) is 0 Å². The number of benzene rings is 1. The fraction of sp³-hybridized carbons (Fsp3) is 0.625. The highest BCUT2D eigenvalue weighted by Crippen LogP contribution is 2.32. The van der Waals surface area contributed by atoms with E-state index in [1.807, 2.05) is 6.07 Å². The third-order valence-electron chi connectivity index (χ3n) is 4.27. The monoisotopic (exact) mass is 276 g/mol. The van der Waals surface area contributed by atoms with Crippen molar-refractivity contribution in [2.24, 2.45) is 5.92 Å². The molecule has 0 aromatic heterocycles. The van der Waals surface area contributed by atoms with E-state index in [-0.39, 0.29) is 0 Å². The van der Waals surface area contributed by atoms with Crippen LogP contribution in [0.15, 0.2) is 18.2 Å². The first-order valence-corrected chi connectivity index (χ1v) is 7.66. The zero-order valence-electron chi connectivity index (χ0n) is 12.2. The Kier molecular flexibility index (Phi) is 4.43. The molecule has 0 saturated carbocycles.